The molecule has 5 heteroatoms. The molecule has 0 aromatic heterocycles. The molecule has 2 N–H and O–H groups in total. The first-order chi connectivity index (χ1) is 8.95. The van der Waals surface area contributed by atoms with E-state index in [1.54, 1.807) is 19.9 Å². The first-order valence-electron chi connectivity index (χ1n) is 5.98. The van der Waals surface area contributed by atoms with Gasteiger partial charge in [-0.15, -0.1) is 6.58 Å². The van der Waals surface area contributed by atoms with Crippen molar-refractivity contribution < 1.29 is 19.0 Å². The number of ether oxygens (including phenoxy) is 1. The van der Waals surface area contributed by atoms with Gasteiger partial charge in [-0.1, -0.05) is 6.08 Å². The molecule has 2 unspecified atom stereocenters. The van der Waals surface area contributed by atoms with Crippen molar-refractivity contribution in [3.05, 3.63) is 42.2 Å². The number of halogens is 1. The summed E-state index contributed by atoms with van der Waals surface area (Å²) in [6.45, 7) is 6.91. The van der Waals surface area contributed by atoms with Gasteiger partial charge < -0.3 is 15.2 Å². The second-order valence-corrected chi connectivity index (χ2v) is 4.15. The summed E-state index contributed by atoms with van der Waals surface area (Å²) >= 11 is 0. The van der Waals surface area contributed by atoms with Gasteiger partial charge in [-0.05, 0) is 26.0 Å². The lowest BCUT2D eigenvalue weighted by molar-refractivity contribution is -0.127. The predicted octanol–water partition coefficient (Wildman–Crippen LogP) is 1.95. The number of amides is 1. The van der Waals surface area contributed by atoms with Gasteiger partial charge >= 0.3 is 0 Å². The van der Waals surface area contributed by atoms with Crippen molar-refractivity contribution in [2.24, 2.45) is 0 Å². The van der Waals surface area contributed by atoms with Crippen LogP contribution in [-0.2, 0) is 4.79 Å². The molecule has 104 valence electrons. The van der Waals surface area contributed by atoms with Gasteiger partial charge in [0.25, 0.3) is 5.91 Å². The second-order valence-electron chi connectivity index (χ2n) is 4.15. The van der Waals surface area contributed by atoms with Crippen molar-refractivity contribution in [1.29, 1.82) is 0 Å². The smallest absolute Gasteiger partial charge is 0.261 e. The average molecular weight is 267 g/mol. The summed E-state index contributed by atoms with van der Waals surface area (Å²) in [6, 6.07) is 3.82. The lowest BCUT2D eigenvalue weighted by Crippen LogP contribution is -2.36. The lowest BCUT2D eigenvalue weighted by atomic mass is 10.1. The molecule has 1 aromatic carbocycles. The second kappa shape index (κ2) is 6.89. The molecule has 1 aromatic rings. The van der Waals surface area contributed by atoms with Crippen LogP contribution in [0.25, 0.3) is 0 Å². The summed E-state index contributed by atoms with van der Waals surface area (Å²) in [5.41, 5.74) is 0.435. The molecular weight excluding hydrogens is 249 g/mol. The van der Waals surface area contributed by atoms with Crippen LogP contribution in [-0.4, -0.2) is 23.7 Å². The highest BCUT2D eigenvalue weighted by Crippen LogP contribution is 2.26. The molecule has 0 aliphatic carbocycles. The Hall–Kier alpha value is -1.88. The van der Waals surface area contributed by atoms with Crippen molar-refractivity contribution in [1.82, 2.24) is 5.32 Å². The van der Waals surface area contributed by atoms with Crippen LogP contribution in [0.5, 0.6) is 5.75 Å². The van der Waals surface area contributed by atoms with Crippen LogP contribution < -0.4 is 10.1 Å². The van der Waals surface area contributed by atoms with E-state index in [2.05, 4.69) is 11.9 Å². The molecule has 0 fully saturated rings. The lowest BCUT2D eigenvalue weighted by Gasteiger charge is -2.18. The monoisotopic (exact) mass is 267 g/mol. The summed E-state index contributed by atoms with van der Waals surface area (Å²) in [5, 5.41) is 12.1. The van der Waals surface area contributed by atoms with Gasteiger partial charge in [0.05, 0.1) is 6.10 Å². The van der Waals surface area contributed by atoms with Crippen molar-refractivity contribution >= 4 is 5.91 Å². The number of hydrogen-bond acceptors (Lipinski definition) is 3. The average Bonchev–Trinajstić information content (AvgIpc) is 2.35. The molecule has 2 atom stereocenters. The summed E-state index contributed by atoms with van der Waals surface area (Å²) in [5.74, 6) is -0.657. The van der Waals surface area contributed by atoms with E-state index in [-0.39, 0.29) is 11.7 Å². The molecule has 19 heavy (non-hydrogen) atoms. The normalized spacial score (nSPS) is 13.5. The summed E-state index contributed by atoms with van der Waals surface area (Å²) in [4.78, 5) is 11.6. The molecule has 0 bridgehead atoms. The first-order valence-corrected chi connectivity index (χ1v) is 5.98. The number of rotatable bonds is 6. The van der Waals surface area contributed by atoms with Crippen molar-refractivity contribution in [3.63, 3.8) is 0 Å². The zero-order valence-corrected chi connectivity index (χ0v) is 11.0. The highest BCUT2D eigenvalue weighted by atomic mass is 19.1. The van der Waals surface area contributed by atoms with Gasteiger partial charge in [-0.3, -0.25) is 4.79 Å². The summed E-state index contributed by atoms with van der Waals surface area (Å²) in [6.07, 6.45) is -0.0492. The molecule has 0 spiro atoms. The summed E-state index contributed by atoms with van der Waals surface area (Å²) in [7, 11) is 0. The Labute approximate surface area is 111 Å². The molecule has 1 rings (SSSR count). The number of carbonyl (C=O) groups is 1. The van der Waals surface area contributed by atoms with E-state index in [4.69, 9.17) is 4.74 Å². The van der Waals surface area contributed by atoms with Gasteiger partial charge in [0.1, 0.15) is 11.6 Å². The zero-order chi connectivity index (χ0) is 14.4. The highest BCUT2D eigenvalue weighted by molar-refractivity contribution is 5.80. The van der Waals surface area contributed by atoms with Crippen molar-refractivity contribution in [2.75, 3.05) is 6.54 Å². The van der Waals surface area contributed by atoms with Crippen LogP contribution >= 0.6 is 0 Å². The third-order valence-electron chi connectivity index (χ3n) is 2.52. The van der Waals surface area contributed by atoms with Crippen LogP contribution in [0.15, 0.2) is 30.9 Å². The largest absolute Gasteiger partial charge is 0.480 e. The Kier molecular flexibility index (Phi) is 5.51. The first kappa shape index (κ1) is 15.2. The molecule has 0 radical (unpaired) electrons. The molecule has 0 aliphatic heterocycles. The Bertz CT molecular complexity index is 460. The van der Waals surface area contributed by atoms with Gasteiger partial charge in [-0.2, -0.15) is 0 Å². The number of aliphatic hydroxyl groups excluding tert-OH is 1. The predicted molar refractivity (Wildman–Crippen MR) is 70.3 cm³/mol. The zero-order valence-electron chi connectivity index (χ0n) is 11.0. The van der Waals surface area contributed by atoms with Crippen molar-refractivity contribution in [2.45, 2.75) is 26.1 Å². The maximum Gasteiger partial charge on any atom is 0.261 e. The van der Waals surface area contributed by atoms with E-state index in [9.17, 15) is 14.3 Å². The molecule has 0 aliphatic rings. The third kappa shape index (κ3) is 4.37. The molecule has 0 heterocycles. The number of benzene rings is 1. The number of carbonyl (C=O) groups excluding carboxylic acids is 1. The molecule has 4 nitrogen and oxygen atoms in total. The fourth-order valence-electron chi connectivity index (χ4n) is 1.52. The minimum Gasteiger partial charge on any atom is -0.480 e. The fourth-order valence-corrected chi connectivity index (χ4v) is 1.52. The maximum atomic E-state index is 13.2. The number of aliphatic hydroxyl groups is 1. The van der Waals surface area contributed by atoms with Crippen LogP contribution in [0.2, 0.25) is 0 Å². The summed E-state index contributed by atoms with van der Waals surface area (Å²) < 4.78 is 18.6. The van der Waals surface area contributed by atoms with E-state index in [0.717, 1.165) is 6.07 Å². The topological polar surface area (TPSA) is 58.6 Å². The van der Waals surface area contributed by atoms with E-state index in [1.165, 1.54) is 12.1 Å². The van der Waals surface area contributed by atoms with Crippen molar-refractivity contribution in [3.8, 4) is 5.75 Å². The Morgan fingerprint density at radius 1 is 1.58 bits per heavy atom. The van der Waals surface area contributed by atoms with Gasteiger partial charge in [0.2, 0.25) is 0 Å². The van der Waals surface area contributed by atoms with E-state index in [1.807, 2.05) is 0 Å². The minimum absolute atomic E-state index is 0.163. The SMILES string of the molecule is C=CCNC(=O)C(C)Oc1cc(F)ccc1C(C)O. The van der Waals surface area contributed by atoms with E-state index < -0.39 is 18.0 Å². The van der Waals surface area contributed by atoms with Gasteiger partial charge in [-0.25, -0.2) is 4.39 Å². The van der Waals surface area contributed by atoms with Gasteiger partial charge in [0, 0.05) is 18.2 Å². The van der Waals surface area contributed by atoms with E-state index in [0.29, 0.717) is 12.1 Å². The van der Waals surface area contributed by atoms with Crippen LogP contribution in [0, 0.1) is 5.82 Å². The Morgan fingerprint density at radius 2 is 2.26 bits per heavy atom. The van der Waals surface area contributed by atoms with E-state index >= 15 is 0 Å². The third-order valence-corrected chi connectivity index (χ3v) is 2.52. The van der Waals surface area contributed by atoms with Crippen LogP contribution in [0.1, 0.15) is 25.5 Å². The molecule has 0 saturated carbocycles. The van der Waals surface area contributed by atoms with Crippen LogP contribution in [0.3, 0.4) is 0 Å². The maximum absolute atomic E-state index is 13.2. The number of hydrogen-bond donors (Lipinski definition) is 2. The van der Waals surface area contributed by atoms with Crippen LogP contribution in [0.4, 0.5) is 4.39 Å². The molecule has 0 saturated heterocycles. The fraction of sp³-hybridized carbons (Fsp3) is 0.357. The molecular formula is C14H18FNO3. The Balaban J connectivity index is 2.83. The Morgan fingerprint density at radius 3 is 2.84 bits per heavy atom. The minimum atomic E-state index is -0.806. The van der Waals surface area contributed by atoms with Gasteiger partial charge in [0.15, 0.2) is 6.10 Å². The number of nitrogens with one attached hydrogen (secondary N) is 1. The quantitative estimate of drug-likeness (QED) is 0.774. The standard InChI is InChI=1S/C14H18FNO3/c1-4-7-16-14(18)10(3)19-13-8-11(15)5-6-12(13)9(2)17/h4-6,8-10,17H,1,7H2,2-3H3,(H,16,18). The molecule has 1 amide bonds. The highest BCUT2D eigenvalue weighted by Gasteiger charge is 2.17.